The number of hydrogen-bond donors (Lipinski definition) is 0. The van der Waals surface area contributed by atoms with Crippen molar-refractivity contribution in [2.75, 3.05) is 33.2 Å². The lowest BCUT2D eigenvalue weighted by Gasteiger charge is -2.42. The number of piperidine rings is 1. The van der Waals surface area contributed by atoms with Crippen molar-refractivity contribution >= 4 is 11.8 Å². The van der Waals surface area contributed by atoms with Crippen molar-refractivity contribution in [2.45, 2.75) is 45.4 Å². The zero-order valence-electron chi connectivity index (χ0n) is 15.9. The Hall–Kier alpha value is -0.950. The monoisotopic (exact) mass is 458 g/mol. The first-order valence-corrected chi connectivity index (χ1v) is 9.16. The van der Waals surface area contributed by atoms with E-state index >= 15 is 0 Å². The van der Waals surface area contributed by atoms with Crippen LogP contribution in [0.1, 0.15) is 45.6 Å². The van der Waals surface area contributed by atoms with Crippen LogP contribution in [0, 0.1) is 0 Å². The molecule has 0 bridgehead atoms. The fourth-order valence-electron chi connectivity index (χ4n) is 3.60. The van der Waals surface area contributed by atoms with E-state index in [4.69, 9.17) is 0 Å². The first kappa shape index (κ1) is 22.1. The van der Waals surface area contributed by atoms with Gasteiger partial charge in [-0.05, 0) is 32.3 Å². The SMILES string of the molecule is CCC1(c2ccccc2)CCC(=O)N(CC[N+](C)(CC)CC)C1=O.[I-]. The lowest BCUT2D eigenvalue weighted by atomic mass is 9.71. The third kappa shape index (κ3) is 4.42. The van der Waals surface area contributed by atoms with Gasteiger partial charge in [0.1, 0.15) is 0 Å². The molecule has 0 spiro atoms. The number of amides is 2. The fraction of sp³-hybridized carbons (Fsp3) is 0.600. The van der Waals surface area contributed by atoms with Crippen LogP contribution in [0.5, 0.6) is 0 Å². The summed E-state index contributed by atoms with van der Waals surface area (Å²) in [6.45, 7) is 9.71. The van der Waals surface area contributed by atoms with Crippen LogP contribution in [-0.2, 0) is 15.0 Å². The van der Waals surface area contributed by atoms with Gasteiger partial charge in [-0.3, -0.25) is 14.5 Å². The van der Waals surface area contributed by atoms with Crippen LogP contribution in [0.25, 0.3) is 0 Å². The van der Waals surface area contributed by atoms with Gasteiger partial charge in [0.2, 0.25) is 11.8 Å². The van der Waals surface area contributed by atoms with Crippen LogP contribution in [0.4, 0.5) is 0 Å². The van der Waals surface area contributed by atoms with E-state index in [2.05, 4.69) is 27.8 Å². The number of quaternary nitrogens is 1. The zero-order chi connectivity index (χ0) is 17.8. The van der Waals surface area contributed by atoms with Crippen molar-refractivity contribution in [3.8, 4) is 0 Å². The molecule has 5 heteroatoms. The van der Waals surface area contributed by atoms with E-state index < -0.39 is 5.41 Å². The number of rotatable bonds is 7. The van der Waals surface area contributed by atoms with Gasteiger partial charge in [0.05, 0.1) is 38.6 Å². The summed E-state index contributed by atoms with van der Waals surface area (Å²) in [4.78, 5) is 27.2. The molecule has 1 saturated heterocycles. The predicted octanol–water partition coefficient (Wildman–Crippen LogP) is -0.0262. The number of halogens is 1. The summed E-state index contributed by atoms with van der Waals surface area (Å²) < 4.78 is 0.877. The highest BCUT2D eigenvalue weighted by atomic mass is 127. The van der Waals surface area contributed by atoms with Gasteiger partial charge in [-0.1, -0.05) is 37.3 Å². The molecule has 1 aromatic carbocycles. The molecule has 1 atom stereocenters. The molecule has 25 heavy (non-hydrogen) atoms. The Balaban J connectivity index is 0.00000312. The van der Waals surface area contributed by atoms with Crippen LogP contribution in [-0.4, -0.2) is 54.4 Å². The van der Waals surface area contributed by atoms with E-state index in [1.54, 1.807) is 0 Å². The molecule has 0 radical (unpaired) electrons. The molecule has 1 aromatic rings. The van der Waals surface area contributed by atoms with Gasteiger partial charge in [0.15, 0.2) is 0 Å². The molecule has 2 rings (SSSR count). The molecule has 140 valence electrons. The summed E-state index contributed by atoms with van der Waals surface area (Å²) in [7, 11) is 2.18. The van der Waals surface area contributed by atoms with Crippen molar-refractivity contribution in [3.05, 3.63) is 35.9 Å². The number of carbonyl (C=O) groups is 2. The molecule has 0 N–H and O–H groups in total. The Morgan fingerprint density at radius 3 is 2.20 bits per heavy atom. The number of hydrogen-bond acceptors (Lipinski definition) is 2. The normalized spacial score (nSPS) is 21.2. The van der Waals surface area contributed by atoms with Crippen molar-refractivity contribution in [1.82, 2.24) is 4.90 Å². The average molecular weight is 458 g/mol. The Morgan fingerprint density at radius 1 is 1.08 bits per heavy atom. The molecule has 4 nitrogen and oxygen atoms in total. The van der Waals surface area contributed by atoms with E-state index in [0.29, 0.717) is 19.4 Å². The predicted molar refractivity (Wildman–Crippen MR) is 96.5 cm³/mol. The fourth-order valence-corrected chi connectivity index (χ4v) is 3.60. The molecule has 1 heterocycles. The third-order valence-corrected chi connectivity index (χ3v) is 6.04. The first-order valence-electron chi connectivity index (χ1n) is 9.16. The van der Waals surface area contributed by atoms with E-state index in [9.17, 15) is 9.59 Å². The van der Waals surface area contributed by atoms with E-state index in [1.807, 2.05) is 30.3 Å². The molecule has 1 unspecified atom stereocenters. The average Bonchev–Trinajstić information content (AvgIpc) is 2.62. The zero-order valence-corrected chi connectivity index (χ0v) is 18.1. The second-order valence-electron chi connectivity index (χ2n) is 7.13. The summed E-state index contributed by atoms with van der Waals surface area (Å²) in [6.07, 6.45) is 1.80. The van der Waals surface area contributed by atoms with Crippen molar-refractivity contribution in [3.63, 3.8) is 0 Å². The van der Waals surface area contributed by atoms with E-state index in [1.165, 1.54) is 4.90 Å². The summed E-state index contributed by atoms with van der Waals surface area (Å²) in [6, 6.07) is 9.96. The lowest BCUT2D eigenvalue weighted by molar-refractivity contribution is -0.905. The molecule has 1 fully saturated rings. The Kier molecular flexibility index (Phi) is 8.06. The van der Waals surface area contributed by atoms with Crippen LogP contribution in [0.15, 0.2) is 30.3 Å². The van der Waals surface area contributed by atoms with Crippen LogP contribution < -0.4 is 24.0 Å². The maximum atomic E-state index is 13.3. The summed E-state index contributed by atoms with van der Waals surface area (Å²) >= 11 is 0. The highest BCUT2D eigenvalue weighted by Crippen LogP contribution is 2.38. The molecular formula is C20H31IN2O2. The van der Waals surface area contributed by atoms with Gasteiger partial charge in [-0.2, -0.15) is 0 Å². The van der Waals surface area contributed by atoms with Crippen molar-refractivity contribution in [2.24, 2.45) is 0 Å². The number of benzene rings is 1. The maximum absolute atomic E-state index is 13.3. The Labute approximate surface area is 169 Å². The maximum Gasteiger partial charge on any atom is 0.240 e. The van der Waals surface area contributed by atoms with Gasteiger partial charge in [0, 0.05) is 6.42 Å². The first-order chi connectivity index (χ1) is 11.4. The molecule has 1 aliphatic rings. The Bertz CT molecular complexity index is 587. The molecule has 0 aromatic heterocycles. The number of carbonyl (C=O) groups excluding carboxylic acids is 2. The quantitative estimate of drug-likeness (QED) is 0.327. The Morgan fingerprint density at radius 2 is 1.68 bits per heavy atom. The second kappa shape index (κ2) is 9.12. The standard InChI is InChI=1S/C20H31N2O2.HI/c1-5-20(17-11-9-8-10-12-17)14-13-18(23)21(19(20)24)15-16-22(4,6-2)7-3;/h8-12H,5-7,13-16H2,1-4H3;1H/q+1;/p-1. The van der Waals surface area contributed by atoms with Crippen molar-refractivity contribution < 1.29 is 38.0 Å². The summed E-state index contributed by atoms with van der Waals surface area (Å²) in [5, 5.41) is 0. The van der Waals surface area contributed by atoms with Gasteiger partial charge < -0.3 is 28.5 Å². The van der Waals surface area contributed by atoms with Gasteiger partial charge >= 0.3 is 0 Å². The van der Waals surface area contributed by atoms with E-state index in [-0.39, 0.29) is 35.8 Å². The minimum absolute atomic E-state index is 0. The molecule has 2 amide bonds. The number of likely N-dealkylation sites (tertiary alicyclic amines) is 1. The summed E-state index contributed by atoms with van der Waals surface area (Å²) in [5.41, 5.74) is 0.495. The van der Waals surface area contributed by atoms with Gasteiger partial charge in [0.25, 0.3) is 0 Å². The molecule has 1 aliphatic heterocycles. The van der Waals surface area contributed by atoms with Crippen LogP contribution in [0.2, 0.25) is 0 Å². The molecule has 0 saturated carbocycles. The minimum Gasteiger partial charge on any atom is -1.00 e. The van der Waals surface area contributed by atoms with E-state index in [0.717, 1.165) is 36.1 Å². The number of likely N-dealkylation sites (N-methyl/N-ethyl adjacent to an activating group) is 1. The van der Waals surface area contributed by atoms with Crippen LogP contribution >= 0.6 is 0 Å². The van der Waals surface area contributed by atoms with Gasteiger partial charge in [-0.25, -0.2) is 0 Å². The highest BCUT2D eigenvalue weighted by molar-refractivity contribution is 6.03. The summed E-state index contributed by atoms with van der Waals surface area (Å²) in [5.74, 6) is -0.0232. The topological polar surface area (TPSA) is 37.4 Å². The third-order valence-electron chi connectivity index (χ3n) is 6.04. The van der Waals surface area contributed by atoms with Gasteiger partial charge in [-0.15, -0.1) is 0 Å². The highest BCUT2D eigenvalue weighted by Gasteiger charge is 2.47. The number of nitrogens with zero attached hydrogens (tertiary/aromatic N) is 2. The second-order valence-corrected chi connectivity index (χ2v) is 7.13. The lowest BCUT2D eigenvalue weighted by Crippen LogP contribution is -3.00. The molecule has 0 aliphatic carbocycles. The van der Waals surface area contributed by atoms with Crippen molar-refractivity contribution in [1.29, 1.82) is 0 Å². The minimum atomic E-state index is -0.545. The van der Waals surface area contributed by atoms with Crippen LogP contribution in [0.3, 0.4) is 0 Å². The smallest absolute Gasteiger partial charge is 0.240 e. The largest absolute Gasteiger partial charge is 1.00 e. The molecular weight excluding hydrogens is 427 g/mol. The number of imide groups is 1.